The van der Waals surface area contributed by atoms with Gasteiger partial charge < -0.3 is 5.32 Å². The lowest BCUT2D eigenvalue weighted by Gasteiger charge is -2.06. The first-order chi connectivity index (χ1) is 4.74. The van der Waals surface area contributed by atoms with Crippen molar-refractivity contribution >= 4 is 5.91 Å². The fourth-order valence-corrected chi connectivity index (χ4v) is 0.522. The van der Waals surface area contributed by atoms with Gasteiger partial charge in [0.1, 0.15) is 6.04 Å². The first-order valence-electron chi connectivity index (χ1n) is 3.43. The number of amides is 1. The molecule has 0 spiro atoms. The molecule has 1 atom stereocenters. The van der Waals surface area contributed by atoms with E-state index in [4.69, 9.17) is 5.26 Å². The fraction of sp³-hybridized carbons (Fsp3) is 0.714. The lowest BCUT2D eigenvalue weighted by Crippen LogP contribution is -2.32. The predicted molar refractivity (Wildman–Crippen MR) is 38.1 cm³/mol. The second-order valence-corrected chi connectivity index (χ2v) is 2.01. The van der Waals surface area contributed by atoms with Crippen LogP contribution in [0.1, 0.15) is 26.7 Å². The number of hydrogen-bond acceptors (Lipinski definition) is 2. The molecule has 0 aliphatic rings. The quantitative estimate of drug-likeness (QED) is 0.630. The average Bonchev–Trinajstić information content (AvgIpc) is 1.99. The van der Waals surface area contributed by atoms with Gasteiger partial charge in [-0.25, -0.2) is 0 Å². The van der Waals surface area contributed by atoms with Gasteiger partial charge in [-0.15, -0.1) is 0 Å². The Bertz CT molecular complexity index is 148. The highest BCUT2D eigenvalue weighted by Gasteiger charge is 2.05. The standard InChI is InChI=1S/C7H12N2O/c1-3-6(5-8)9-7(10)4-2/h6H,3-4H2,1-2H3,(H,9,10)/t6-/m0/s1. The molecule has 56 valence electrons. The molecule has 0 unspecified atom stereocenters. The van der Waals surface area contributed by atoms with Crippen molar-refractivity contribution in [3.8, 4) is 6.07 Å². The zero-order chi connectivity index (χ0) is 7.98. The monoisotopic (exact) mass is 140 g/mol. The molecule has 0 aliphatic carbocycles. The van der Waals surface area contributed by atoms with Crippen LogP contribution in [0.5, 0.6) is 0 Å². The third-order valence-corrected chi connectivity index (χ3v) is 1.22. The molecule has 10 heavy (non-hydrogen) atoms. The smallest absolute Gasteiger partial charge is 0.220 e. The predicted octanol–water partition coefficient (Wildman–Crippen LogP) is 0.815. The van der Waals surface area contributed by atoms with Crippen LogP contribution in [-0.4, -0.2) is 11.9 Å². The first kappa shape index (κ1) is 8.96. The SMILES string of the molecule is CCC(=O)N[C@H](C#N)CC. The Kier molecular flexibility index (Phi) is 4.30. The molecule has 0 saturated carbocycles. The van der Waals surface area contributed by atoms with E-state index in [9.17, 15) is 4.79 Å². The van der Waals surface area contributed by atoms with E-state index in [2.05, 4.69) is 5.32 Å². The average molecular weight is 140 g/mol. The van der Waals surface area contributed by atoms with Gasteiger partial charge in [0.15, 0.2) is 0 Å². The summed E-state index contributed by atoms with van der Waals surface area (Å²) in [5, 5.41) is 11.0. The number of carbonyl (C=O) groups excluding carboxylic acids is 1. The van der Waals surface area contributed by atoms with Gasteiger partial charge in [-0.2, -0.15) is 5.26 Å². The van der Waals surface area contributed by atoms with E-state index < -0.39 is 0 Å². The Morgan fingerprint density at radius 3 is 2.60 bits per heavy atom. The topological polar surface area (TPSA) is 52.9 Å². The highest BCUT2D eigenvalue weighted by molar-refractivity contribution is 5.76. The van der Waals surface area contributed by atoms with Crippen molar-refractivity contribution in [1.82, 2.24) is 5.32 Å². The van der Waals surface area contributed by atoms with Gasteiger partial charge in [0.25, 0.3) is 0 Å². The van der Waals surface area contributed by atoms with E-state index in [0.29, 0.717) is 12.8 Å². The number of hydrogen-bond donors (Lipinski definition) is 1. The van der Waals surface area contributed by atoms with Crippen molar-refractivity contribution in [3.05, 3.63) is 0 Å². The summed E-state index contributed by atoms with van der Waals surface area (Å²) in [6.07, 6.45) is 1.11. The number of carbonyl (C=O) groups is 1. The minimum atomic E-state index is -0.313. The minimum Gasteiger partial charge on any atom is -0.340 e. The molecule has 0 bridgehead atoms. The number of nitrogens with one attached hydrogen (secondary N) is 1. The van der Waals surface area contributed by atoms with Crippen LogP contribution in [0.2, 0.25) is 0 Å². The molecule has 0 aliphatic heterocycles. The zero-order valence-corrected chi connectivity index (χ0v) is 6.35. The van der Waals surface area contributed by atoms with Crippen molar-refractivity contribution in [2.75, 3.05) is 0 Å². The molecule has 1 amide bonds. The lowest BCUT2D eigenvalue weighted by atomic mass is 10.2. The van der Waals surface area contributed by atoms with E-state index >= 15 is 0 Å². The second-order valence-electron chi connectivity index (χ2n) is 2.01. The molecule has 0 aromatic carbocycles. The summed E-state index contributed by atoms with van der Waals surface area (Å²) >= 11 is 0. The number of nitrogens with zero attached hydrogens (tertiary/aromatic N) is 1. The highest BCUT2D eigenvalue weighted by atomic mass is 16.1. The minimum absolute atomic E-state index is 0.0617. The molecule has 0 rings (SSSR count). The van der Waals surface area contributed by atoms with Crippen LogP contribution in [0, 0.1) is 11.3 Å². The van der Waals surface area contributed by atoms with Crippen LogP contribution in [0.3, 0.4) is 0 Å². The third kappa shape index (κ3) is 3.08. The van der Waals surface area contributed by atoms with Gasteiger partial charge in [-0.05, 0) is 6.42 Å². The molecule has 3 nitrogen and oxygen atoms in total. The normalized spacial score (nSPS) is 11.7. The van der Waals surface area contributed by atoms with E-state index in [1.165, 1.54) is 0 Å². The van der Waals surface area contributed by atoms with E-state index in [1.54, 1.807) is 6.92 Å². The molecule has 0 aromatic heterocycles. The second kappa shape index (κ2) is 4.80. The van der Waals surface area contributed by atoms with Gasteiger partial charge in [0.2, 0.25) is 5.91 Å². The van der Waals surface area contributed by atoms with Crippen LogP contribution in [0.25, 0.3) is 0 Å². The van der Waals surface area contributed by atoms with Crippen molar-refractivity contribution in [3.63, 3.8) is 0 Å². The Labute approximate surface area is 61.0 Å². The summed E-state index contributed by atoms with van der Waals surface area (Å²) in [6.45, 7) is 3.63. The Balaban J connectivity index is 3.66. The van der Waals surface area contributed by atoms with Gasteiger partial charge in [-0.1, -0.05) is 13.8 Å². The summed E-state index contributed by atoms with van der Waals surface area (Å²) in [7, 11) is 0. The molecule has 1 N–H and O–H groups in total. The van der Waals surface area contributed by atoms with Crippen LogP contribution >= 0.6 is 0 Å². The molecule has 0 saturated heterocycles. The number of nitriles is 1. The highest BCUT2D eigenvalue weighted by Crippen LogP contribution is 1.88. The summed E-state index contributed by atoms with van der Waals surface area (Å²) in [6, 6.07) is 1.67. The van der Waals surface area contributed by atoms with Gasteiger partial charge in [-0.3, -0.25) is 4.79 Å². The van der Waals surface area contributed by atoms with E-state index in [1.807, 2.05) is 13.0 Å². The van der Waals surface area contributed by atoms with Crippen molar-refractivity contribution < 1.29 is 4.79 Å². The fourth-order valence-electron chi connectivity index (χ4n) is 0.522. The largest absolute Gasteiger partial charge is 0.340 e. The summed E-state index contributed by atoms with van der Waals surface area (Å²) in [5.41, 5.74) is 0. The van der Waals surface area contributed by atoms with Crippen LogP contribution in [0.4, 0.5) is 0 Å². The summed E-state index contributed by atoms with van der Waals surface area (Å²) < 4.78 is 0. The van der Waals surface area contributed by atoms with Crippen molar-refractivity contribution in [2.45, 2.75) is 32.7 Å². The Morgan fingerprint density at radius 1 is 1.70 bits per heavy atom. The molecule has 0 radical (unpaired) electrons. The maximum atomic E-state index is 10.7. The number of rotatable bonds is 3. The molecule has 0 heterocycles. The Morgan fingerprint density at radius 2 is 2.30 bits per heavy atom. The van der Waals surface area contributed by atoms with Crippen molar-refractivity contribution in [2.24, 2.45) is 0 Å². The van der Waals surface area contributed by atoms with E-state index in [-0.39, 0.29) is 11.9 Å². The zero-order valence-electron chi connectivity index (χ0n) is 6.35. The van der Waals surface area contributed by atoms with Gasteiger partial charge in [0.05, 0.1) is 6.07 Å². The molecule has 3 heteroatoms. The van der Waals surface area contributed by atoms with Crippen molar-refractivity contribution in [1.29, 1.82) is 5.26 Å². The molecule has 0 fully saturated rings. The summed E-state index contributed by atoms with van der Waals surface area (Å²) in [5.74, 6) is -0.0617. The molecular formula is C7H12N2O. The molecular weight excluding hydrogens is 128 g/mol. The van der Waals surface area contributed by atoms with Crippen LogP contribution < -0.4 is 5.32 Å². The maximum absolute atomic E-state index is 10.7. The van der Waals surface area contributed by atoms with Crippen LogP contribution in [0.15, 0.2) is 0 Å². The maximum Gasteiger partial charge on any atom is 0.220 e. The summed E-state index contributed by atoms with van der Waals surface area (Å²) in [4.78, 5) is 10.7. The van der Waals surface area contributed by atoms with E-state index in [0.717, 1.165) is 0 Å². The Hall–Kier alpha value is -1.04. The first-order valence-corrected chi connectivity index (χ1v) is 3.43. The van der Waals surface area contributed by atoms with Gasteiger partial charge in [0, 0.05) is 6.42 Å². The van der Waals surface area contributed by atoms with Gasteiger partial charge >= 0.3 is 0 Å². The van der Waals surface area contributed by atoms with Crippen LogP contribution in [-0.2, 0) is 4.79 Å². The lowest BCUT2D eigenvalue weighted by molar-refractivity contribution is -0.121. The molecule has 0 aromatic rings. The third-order valence-electron chi connectivity index (χ3n) is 1.22.